The topological polar surface area (TPSA) is 35.6 Å². The molecule has 0 bridgehead atoms. The van der Waals surface area contributed by atoms with Gasteiger partial charge in [-0.1, -0.05) is 115 Å². The summed E-state index contributed by atoms with van der Waals surface area (Å²) >= 11 is 0. The van der Waals surface area contributed by atoms with E-state index in [1.165, 1.54) is 43.5 Å². The maximum Gasteiger partial charge on any atom is 0.160 e. The molecule has 0 spiro atoms. The molecule has 234 valence electrons. The van der Waals surface area contributed by atoms with E-state index in [0.717, 1.165) is 39.5 Å². The summed E-state index contributed by atoms with van der Waals surface area (Å²) in [4.78, 5) is 10.2. The van der Waals surface area contributed by atoms with Crippen LogP contribution in [0.1, 0.15) is 0 Å². The monoisotopic (exact) mass is 638 g/mol. The Morgan fingerprint density at radius 1 is 0.400 bits per heavy atom. The second-order valence-electron chi connectivity index (χ2n) is 12.7. The van der Waals surface area contributed by atoms with E-state index >= 15 is 0 Å². The third kappa shape index (κ3) is 4.54. The van der Waals surface area contributed by atoms with Gasteiger partial charge in [-0.25, -0.2) is 9.97 Å². The Morgan fingerprint density at radius 3 is 1.72 bits per heavy atom. The number of benzene rings is 7. The summed E-state index contributed by atoms with van der Waals surface area (Å²) in [6.07, 6.45) is 2.18. The highest BCUT2D eigenvalue weighted by Crippen LogP contribution is 2.41. The zero-order valence-electron chi connectivity index (χ0n) is 27.1. The molecule has 4 nitrogen and oxygen atoms in total. The first-order valence-electron chi connectivity index (χ1n) is 16.9. The maximum absolute atomic E-state index is 5.08. The molecule has 7 aromatic carbocycles. The van der Waals surface area contributed by atoms with Crippen molar-refractivity contribution in [1.29, 1.82) is 0 Å². The van der Waals surface area contributed by atoms with Crippen LogP contribution in [0.3, 0.4) is 0 Å². The second kappa shape index (κ2) is 11.4. The molecule has 10 aromatic rings. The van der Waals surface area contributed by atoms with Crippen LogP contribution >= 0.6 is 0 Å². The van der Waals surface area contributed by atoms with Gasteiger partial charge in [0.25, 0.3) is 0 Å². The zero-order valence-corrected chi connectivity index (χ0v) is 27.1. The standard InChI is InChI=1S/C46H30N4/c1-4-13-32(14-5-1)40-30-41(33-15-6-2-7-16-33)48-46(47-40)34-20-23-36(24-21-34)50-43-26-22-31-12-10-11-19-37(31)44(43)39-25-27-42-38(45(39)50)28-29-49(42)35-17-8-3-9-18-35/h1-30H. The quantitative estimate of drug-likeness (QED) is 0.188. The van der Waals surface area contributed by atoms with E-state index in [-0.39, 0.29) is 0 Å². The van der Waals surface area contributed by atoms with Crippen molar-refractivity contribution in [2.75, 3.05) is 0 Å². The molecule has 0 fully saturated rings. The lowest BCUT2D eigenvalue weighted by atomic mass is 10.0. The molecule has 0 saturated carbocycles. The fraction of sp³-hybridized carbons (Fsp3) is 0. The number of hydrogen-bond acceptors (Lipinski definition) is 2. The number of rotatable bonds is 5. The van der Waals surface area contributed by atoms with Gasteiger partial charge in [-0.2, -0.15) is 0 Å². The molecule has 0 aliphatic carbocycles. The van der Waals surface area contributed by atoms with E-state index in [4.69, 9.17) is 9.97 Å². The Balaban J connectivity index is 1.18. The first-order valence-corrected chi connectivity index (χ1v) is 16.9. The molecule has 0 N–H and O–H groups in total. The van der Waals surface area contributed by atoms with Crippen molar-refractivity contribution in [2.24, 2.45) is 0 Å². The average Bonchev–Trinajstić information content (AvgIpc) is 3.79. The van der Waals surface area contributed by atoms with Crippen LogP contribution < -0.4 is 0 Å². The number of fused-ring (bicyclic) bond motifs is 7. The summed E-state index contributed by atoms with van der Waals surface area (Å²) in [6, 6.07) is 62.0. The Hall–Kier alpha value is -6.78. The molecule has 0 aliphatic heterocycles. The van der Waals surface area contributed by atoms with Crippen LogP contribution in [-0.4, -0.2) is 19.1 Å². The predicted octanol–water partition coefficient (Wildman–Crippen LogP) is 11.7. The van der Waals surface area contributed by atoms with E-state index < -0.39 is 0 Å². The van der Waals surface area contributed by atoms with Crippen LogP contribution in [0.25, 0.3) is 88.8 Å². The lowest BCUT2D eigenvalue weighted by Gasteiger charge is -2.12. The van der Waals surface area contributed by atoms with E-state index in [1.807, 2.05) is 36.4 Å². The van der Waals surface area contributed by atoms with Crippen LogP contribution in [-0.2, 0) is 0 Å². The number of nitrogens with zero attached hydrogens (tertiary/aromatic N) is 4. The van der Waals surface area contributed by atoms with Crippen molar-refractivity contribution in [3.63, 3.8) is 0 Å². The minimum Gasteiger partial charge on any atom is -0.316 e. The third-order valence-corrected chi connectivity index (χ3v) is 9.77. The molecule has 0 aliphatic rings. The van der Waals surface area contributed by atoms with E-state index in [1.54, 1.807) is 0 Å². The number of hydrogen-bond donors (Lipinski definition) is 0. The second-order valence-corrected chi connectivity index (χ2v) is 12.7. The molecule has 3 aromatic heterocycles. The van der Waals surface area contributed by atoms with Gasteiger partial charge in [0, 0.05) is 50.4 Å². The highest BCUT2D eigenvalue weighted by atomic mass is 15.0. The largest absolute Gasteiger partial charge is 0.316 e. The van der Waals surface area contributed by atoms with Gasteiger partial charge in [-0.05, 0) is 71.4 Å². The van der Waals surface area contributed by atoms with Gasteiger partial charge in [-0.15, -0.1) is 0 Å². The van der Waals surface area contributed by atoms with E-state index in [2.05, 4.69) is 155 Å². The molecule has 4 heteroatoms. The average molecular weight is 639 g/mol. The molecular formula is C46H30N4. The van der Waals surface area contributed by atoms with E-state index in [9.17, 15) is 0 Å². The molecule has 10 rings (SSSR count). The fourth-order valence-electron chi connectivity index (χ4n) is 7.43. The molecule has 0 unspecified atom stereocenters. The molecule has 3 heterocycles. The molecule has 0 radical (unpaired) electrons. The maximum atomic E-state index is 5.08. The molecule has 50 heavy (non-hydrogen) atoms. The van der Waals surface area contributed by atoms with Gasteiger partial charge < -0.3 is 9.13 Å². The summed E-state index contributed by atoms with van der Waals surface area (Å²) < 4.78 is 4.70. The van der Waals surface area contributed by atoms with Crippen molar-refractivity contribution >= 4 is 43.5 Å². The predicted molar refractivity (Wildman–Crippen MR) is 207 cm³/mol. The van der Waals surface area contributed by atoms with Crippen LogP contribution in [0.5, 0.6) is 0 Å². The van der Waals surface area contributed by atoms with Gasteiger partial charge in [0.05, 0.1) is 27.9 Å². The van der Waals surface area contributed by atoms with Gasteiger partial charge >= 0.3 is 0 Å². The van der Waals surface area contributed by atoms with E-state index in [0.29, 0.717) is 5.82 Å². The number of aromatic nitrogens is 4. The van der Waals surface area contributed by atoms with Gasteiger partial charge in [-0.3, -0.25) is 0 Å². The van der Waals surface area contributed by atoms with Crippen molar-refractivity contribution in [1.82, 2.24) is 19.1 Å². The smallest absolute Gasteiger partial charge is 0.160 e. The lowest BCUT2D eigenvalue weighted by molar-refractivity contribution is 1.13. The van der Waals surface area contributed by atoms with Crippen LogP contribution in [0.15, 0.2) is 182 Å². The Kier molecular flexibility index (Phi) is 6.46. The first kappa shape index (κ1) is 28.3. The number of para-hydroxylation sites is 1. The Labute approximate surface area is 289 Å². The summed E-state index contributed by atoms with van der Waals surface area (Å²) in [5, 5.41) is 6.21. The first-order chi connectivity index (χ1) is 24.8. The summed E-state index contributed by atoms with van der Waals surface area (Å²) in [6.45, 7) is 0. The zero-order chi connectivity index (χ0) is 33.0. The summed E-state index contributed by atoms with van der Waals surface area (Å²) in [5.74, 6) is 0.701. The lowest BCUT2D eigenvalue weighted by Crippen LogP contribution is -1.97. The summed E-state index contributed by atoms with van der Waals surface area (Å²) in [7, 11) is 0. The molecule has 0 atom stereocenters. The normalized spacial score (nSPS) is 11.6. The fourth-order valence-corrected chi connectivity index (χ4v) is 7.43. The van der Waals surface area contributed by atoms with Crippen molar-refractivity contribution in [3.05, 3.63) is 182 Å². The SMILES string of the molecule is c1ccc(-c2cc(-c3ccccc3)nc(-c3ccc(-n4c5ccc6ccccc6c5c5ccc6c(ccn6-c6ccccc6)c54)cc3)n2)cc1. The van der Waals surface area contributed by atoms with Crippen LogP contribution in [0, 0.1) is 0 Å². The van der Waals surface area contributed by atoms with Crippen molar-refractivity contribution in [2.45, 2.75) is 0 Å². The minimum atomic E-state index is 0.701. The highest BCUT2D eigenvalue weighted by Gasteiger charge is 2.19. The van der Waals surface area contributed by atoms with Gasteiger partial charge in [0.15, 0.2) is 5.82 Å². The Morgan fingerprint density at radius 2 is 1.02 bits per heavy atom. The van der Waals surface area contributed by atoms with Crippen LogP contribution in [0.4, 0.5) is 0 Å². The summed E-state index contributed by atoms with van der Waals surface area (Å²) in [5.41, 5.74) is 10.7. The third-order valence-electron chi connectivity index (χ3n) is 9.77. The van der Waals surface area contributed by atoms with Crippen molar-refractivity contribution in [3.8, 4) is 45.3 Å². The van der Waals surface area contributed by atoms with Gasteiger partial charge in [0.2, 0.25) is 0 Å². The Bertz CT molecular complexity index is 2770. The van der Waals surface area contributed by atoms with Gasteiger partial charge in [0.1, 0.15) is 0 Å². The molecular weight excluding hydrogens is 609 g/mol. The molecule has 0 saturated heterocycles. The molecule has 0 amide bonds. The van der Waals surface area contributed by atoms with Crippen molar-refractivity contribution < 1.29 is 0 Å². The van der Waals surface area contributed by atoms with Crippen LogP contribution in [0.2, 0.25) is 0 Å². The highest BCUT2D eigenvalue weighted by molar-refractivity contribution is 6.25. The minimum absolute atomic E-state index is 0.701.